The standard InChI is InChI=1S/C18H25N5O2/c1-13-12-25-7-6-22(13)15-8-17(20-18(24)9-15)23-5-3-4-16(23)14-10-19-21(2)11-14/h8-11,13,16H,3-7,12H2,1-2H3,(H,20,24)/t13-,16?/m1/s1. The number of rotatable bonds is 3. The highest BCUT2D eigenvalue weighted by atomic mass is 16.5. The average Bonchev–Trinajstić information content (AvgIpc) is 3.23. The van der Waals surface area contributed by atoms with Crippen LogP contribution >= 0.6 is 0 Å². The zero-order chi connectivity index (χ0) is 17.4. The Hall–Kier alpha value is -2.28. The molecule has 2 aliphatic rings. The van der Waals surface area contributed by atoms with Crippen molar-refractivity contribution in [2.75, 3.05) is 36.1 Å². The zero-order valence-corrected chi connectivity index (χ0v) is 14.8. The zero-order valence-electron chi connectivity index (χ0n) is 14.8. The third kappa shape index (κ3) is 3.16. The Labute approximate surface area is 147 Å². The van der Waals surface area contributed by atoms with Crippen LogP contribution < -0.4 is 15.4 Å². The van der Waals surface area contributed by atoms with Crippen molar-refractivity contribution in [1.82, 2.24) is 14.8 Å². The van der Waals surface area contributed by atoms with Crippen molar-refractivity contribution in [2.45, 2.75) is 31.8 Å². The van der Waals surface area contributed by atoms with Crippen LogP contribution in [0, 0.1) is 0 Å². The molecule has 0 amide bonds. The fourth-order valence-electron chi connectivity index (χ4n) is 3.96. The minimum atomic E-state index is -0.0528. The van der Waals surface area contributed by atoms with Crippen LogP contribution in [0.1, 0.15) is 31.4 Å². The number of aromatic nitrogens is 3. The lowest BCUT2D eigenvalue weighted by Crippen LogP contribution is -2.44. The molecule has 2 aromatic rings. The molecule has 1 unspecified atom stereocenters. The monoisotopic (exact) mass is 343 g/mol. The van der Waals surface area contributed by atoms with Crippen molar-refractivity contribution in [3.63, 3.8) is 0 Å². The SMILES string of the molecule is C[C@@H]1COCCN1c1cc(N2CCCC2c2cnn(C)c2)[nH]c(=O)c1. The van der Waals surface area contributed by atoms with Crippen LogP contribution in [0.2, 0.25) is 0 Å². The number of aryl methyl sites for hydroxylation is 1. The molecule has 134 valence electrons. The molecule has 0 radical (unpaired) electrons. The highest BCUT2D eigenvalue weighted by Gasteiger charge is 2.29. The number of aromatic amines is 1. The van der Waals surface area contributed by atoms with Crippen molar-refractivity contribution < 1.29 is 4.74 Å². The molecular weight excluding hydrogens is 318 g/mol. The lowest BCUT2D eigenvalue weighted by molar-refractivity contribution is 0.0989. The number of ether oxygens (including phenoxy) is 1. The van der Waals surface area contributed by atoms with Crippen LogP contribution in [0.5, 0.6) is 0 Å². The van der Waals surface area contributed by atoms with E-state index >= 15 is 0 Å². The summed E-state index contributed by atoms with van der Waals surface area (Å²) in [6.07, 6.45) is 6.18. The molecule has 2 atom stereocenters. The molecule has 1 N–H and O–H groups in total. The van der Waals surface area contributed by atoms with Crippen LogP contribution in [0.4, 0.5) is 11.5 Å². The Morgan fingerprint density at radius 3 is 2.92 bits per heavy atom. The lowest BCUT2D eigenvalue weighted by atomic mass is 10.1. The van der Waals surface area contributed by atoms with E-state index < -0.39 is 0 Å². The van der Waals surface area contributed by atoms with Gasteiger partial charge in [0.05, 0.1) is 25.5 Å². The largest absolute Gasteiger partial charge is 0.377 e. The van der Waals surface area contributed by atoms with Crippen LogP contribution in [-0.2, 0) is 11.8 Å². The summed E-state index contributed by atoms with van der Waals surface area (Å²) in [6, 6.07) is 4.34. The predicted octanol–water partition coefficient (Wildman–Crippen LogP) is 1.67. The first-order valence-corrected chi connectivity index (χ1v) is 8.96. The minimum absolute atomic E-state index is 0.0528. The molecule has 4 rings (SSSR count). The van der Waals surface area contributed by atoms with Gasteiger partial charge in [-0.25, -0.2) is 0 Å². The molecule has 0 bridgehead atoms. The number of morpholine rings is 1. The first-order valence-electron chi connectivity index (χ1n) is 8.96. The summed E-state index contributed by atoms with van der Waals surface area (Å²) in [5.41, 5.74) is 2.13. The number of H-pyrrole nitrogens is 1. The van der Waals surface area contributed by atoms with Crippen molar-refractivity contribution in [2.24, 2.45) is 7.05 Å². The fraction of sp³-hybridized carbons (Fsp3) is 0.556. The Bertz CT molecular complexity index is 799. The van der Waals surface area contributed by atoms with Gasteiger partial charge in [0.1, 0.15) is 5.82 Å². The summed E-state index contributed by atoms with van der Waals surface area (Å²) in [4.78, 5) is 19.9. The summed E-state index contributed by atoms with van der Waals surface area (Å²) in [5.74, 6) is 0.896. The maximum atomic E-state index is 12.3. The Morgan fingerprint density at radius 1 is 1.28 bits per heavy atom. The summed E-state index contributed by atoms with van der Waals surface area (Å²) in [5, 5.41) is 4.30. The number of pyridine rings is 1. The topological polar surface area (TPSA) is 66.4 Å². The van der Waals surface area contributed by atoms with E-state index in [1.165, 1.54) is 5.56 Å². The fourth-order valence-corrected chi connectivity index (χ4v) is 3.96. The Morgan fingerprint density at radius 2 is 2.16 bits per heavy atom. The summed E-state index contributed by atoms with van der Waals surface area (Å²) >= 11 is 0. The van der Waals surface area contributed by atoms with Gasteiger partial charge in [0, 0.05) is 55.8 Å². The second kappa shape index (κ2) is 6.55. The maximum Gasteiger partial charge on any atom is 0.251 e. The van der Waals surface area contributed by atoms with E-state index in [1.54, 1.807) is 6.07 Å². The summed E-state index contributed by atoms with van der Waals surface area (Å²) < 4.78 is 7.36. The Balaban J connectivity index is 1.66. The predicted molar refractivity (Wildman–Crippen MR) is 97.2 cm³/mol. The number of hydrogen-bond donors (Lipinski definition) is 1. The van der Waals surface area contributed by atoms with Gasteiger partial charge in [0.2, 0.25) is 0 Å². The molecule has 25 heavy (non-hydrogen) atoms. The van der Waals surface area contributed by atoms with Crippen LogP contribution in [0.25, 0.3) is 0 Å². The second-order valence-electron chi connectivity index (χ2n) is 7.00. The number of hydrogen-bond acceptors (Lipinski definition) is 5. The van der Waals surface area contributed by atoms with Gasteiger partial charge >= 0.3 is 0 Å². The molecule has 0 spiro atoms. The molecule has 0 saturated carbocycles. The van der Waals surface area contributed by atoms with Crippen molar-refractivity contribution in [3.8, 4) is 0 Å². The first kappa shape index (κ1) is 16.2. The second-order valence-corrected chi connectivity index (χ2v) is 7.00. The van der Waals surface area contributed by atoms with Crippen LogP contribution in [-0.4, -0.2) is 47.1 Å². The van der Waals surface area contributed by atoms with E-state index in [1.807, 2.05) is 17.9 Å². The third-order valence-electron chi connectivity index (χ3n) is 5.19. The Kier molecular flexibility index (Phi) is 4.25. The summed E-state index contributed by atoms with van der Waals surface area (Å²) in [7, 11) is 1.94. The molecule has 0 aromatic carbocycles. The normalized spacial score (nSPS) is 24.1. The van der Waals surface area contributed by atoms with E-state index in [4.69, 9.17) is 4.74 Å². The van der Waals surface area contributed by atoms with Crippen molar-refractivity contribution >= 4 is 11.5 Å². The molecule has 2 aromatic heterocycles. The van der Waals surface area contributed by atoms with E-state index in [0.717, 1.165) is 37.4 Å². The average molecular weight is 343 g/mol. The number of anilines is 2. The van der Waals surface area contributed by atoms with Gasteiger partial charge in [-0.15, -0.1) is 0 Å². The van der Waals surface area contributed by atoms with Crippen LogP contribution in [0.3, 0.4) is 0 Å². The smallest absolute Gasteiger partial charge is 0.251 e. The molecule has 7 nitrogen and oxygen atoms in total. The van der Waals surface area contributed by atoms with Gasteiger partial charge in [0.25, 0.3) is 5.56 Å². The van der Waals surface area contributed by atoms with Crippen molar-refractivity contribution in [1.29, 1.82) is 0 Å². The first-order chi connectivity index (χ1) is 12.1. The summed E-state index contributed by atoms with van der Waals surface area (Å²) in [6.45, 7) is 5.29. The van der Waals surface area contributed by atoms with E-state index in [-0.39, 0.29) is 17.6 Å². The number of nitrogens with one attached hydrogen (secondary N) is 1. The van der Waals surface area contributed by atoms with E-state index in [9.17, 15) is 4.79 Å². The van der Waals surface area contributed by atoms with Gasteiger partial charge in [-0.05, 0) is 19.8 Å². The molecule has 2 aliphatic heterocycles. The lowest BCUT2D eigenvalue weighted by Gasteiger charge is -2.36. The highest BCUT2D eigenvalue weighted by molar-refractivity contribution is 5.57. The number of nitrogens with zero attached hydrogens (tertiary/aromatic N) is 4. The molecule has 0 aliphatic carbocycles. The maximum absolute atomic E-state index is 12.3. The van der Waals surface area contributed by atoms with Gasteiger partial charge in [-0.3, -0.25) is 9.48 Å². The quantitative estimate of drug-likeness (QED) is 0.918. The van der Waals surface area contributed by atoms with Gasteiger partial charge < -0.3 is 19.5 Å². The van der Waals surface area contributed by atoms with E-state index in [0.29, 0.717) is 13.2 Å². The van der Waals surface area contributed by atoms with Gasteiger partial charge in [-0.1, -0.05) is 0 Å². The molecular formula is C18H25N5O2. The molecule has 2 fully saturated rings. The molecule has 4 heterocycles. The minimum Gasteiger partial charge on any atom is -0.377 e. The van der Waals surface area contributed by atoms with Gasteiger partial charge in [0.15, 0.2) is 0 Å². The molecule has 2 saturated heterocycles. The third-order valence-corrected chi connectivity index (χ3v) is 5.19. The van der Waals surface area contributed by atoms with Crippen LogP contribution in [0.15, 0.2) is 29.3 Å². The van der Waals surface area contributed by atoms with E-state index in [2.05, 4.69) is 39.1 Å². The van der Waals surface area contributed by atoms with Crippen molar-refractivity contribution in [3.05, 3.63) is 40.4 Å². The van der Waals surface area contributed by atoms with Gasteiger partial charge in [-0.2, -0.15) is 5.10 Å². The highest BCUT2D eigenvalue weighted by Crippen LogP contribution is 2.35. The molecule has 7 heteroatoms.